The minimum absolute atomic E-state index is 0.102. The molecule has 1 heterocycles. The SMILES string of the molecule is O=C1C[CH]CO1. The lowest BCUT2D eigenvalue weighted by molar-refractivity contribution is -0.137. The van der Waals surface area contributed by atoms with E-state index in [0.29, 0.717) is 13.0 Å². The number of hydrogen-bond donors (Lipinski definition) is 0. The van der Waals surface area contributed by atoms with Crippen molar-refractivity contribution in [3.63, 3.8) is 0 Å². The molecule has 33 valence electrons. The van der Waals surface area contributed by atoms with Crippen LogP contribution in [0.15, 0.2) is 0 Å². The van der Waals surface area contributed by atoms with Crippen molar-refractivity contribution in [2.75, 3.05) is 6.61 Å². The van der Waals surface area contributed by atoms with Gasteiger partial charge in [-0.2, -0.15) is 0 Å². The van der Waals surface area contributed by atoms with Gasteiger partial charge in [0.15, 0.2) is 0 Å². The van der Waals surface area contributed by atoms with Crippen LogP contribution in [0.25, 0.3) is 0 Å². The molecule has 0 N–H and O–H groups in total. The van der Waals surface area contributed by atoms with Gasteiger partial charge < -0.3 is 4.74 Å². The molecule has 0 unspecified atom stereocenters. The maximum Gasteiger partial charge on any atom is 0.306 e. The fourth-order valence-electron chi connectivity index (χ4n) is 0.388. The van der Waals surface area contributed by atoms with E-state index >= 15 is 0 Å². The van der Waals surface area contributed by atoms with Crippen LogP contribution in [0.4, 0.5) is 0 Å². The van der Waals surface area contributed by atoms with Gasteiger partial charge in [0.1, 0.15) is 0 Å². The molecule has 0 saturated carbocycles. The highest BCUT2D eigenvalue weighted by Gasteiger charge is 2.08. The molecule has 0 aromatic heterocycles. The van der Waals surface area contributed by atoms with E-state index < -0.39 is 0 Å². The first kappa shape index (κ1) is 3.65. The normalized spacial score (nSPS) is 21.0. The number of esters is 1. The molecule has 1 aliphatic rings. The third-order valence-corrected chi connectivity index (χ3v) is 0.673. The molecule has 1 rings (SSSR count). The zero-order valence-corrected chi connectivity index (χ0v) is 3.31. The summed E-state index contributed by atoms with van der Waals surface area (Å²) in [7, 11) is 0. The molecule has 0 aromatic carbocycles. The molecule has 0 spiro atoms. The van der Waals surface area contributed by atoms with Crippen molar-refractivity contribution in [1.82, 2.24) is 0 Å². The first-order valence-electron chi connectivity index (χ1n) is 1.87. The van der Waals surface area contributed by atoms with Crippen molar-refractivity contribution in [3.8, 4) is 0 Å². The topological polar surface area (TPSA) is 26.3 Å². The Kier molecular flexibility index (Phi) is 0.783. The first-order chi connectivity index (χ1) is 2.89. The van der Waals surface area contributed by atoms with Gasteiger partial charge in [-0.3, -0.25) is 4.79 Å². The predicted molar refractivity (Wildman–Crippen MR) is 19.9 cm³/mol. The monoisotopic (exact) mass is 85.0 g/mol. The van der Waals surface area contributed by atoms with Crippen LogP contribution in [0.5, 0.6) is 0 Å². The lowest BCUT2D eigenvalue weighted by atomic mass is 10.4. The molecule has 2 nitrogen and oxygen atoms in total. The quantitative estimate of drug-likeness (QED) is 0.391. The van der Waals surface area contributed by atoms with Crippen LogP contribution in [0.3, 0.4) is 0 Å². The molecule has 0 atom stereocenters. The average Bonchev–Trinajstić information content (AvgIpc) is 1.86. The lowest BCUT2D eigenvalue weighted by Crippen LogP contribution is -1.88. The maximum absolute atomic E-state index is 9.99. The van der Waals surface area contributed by atoms with Gasteiger partial charge in [-0.25, -0.2) is 0 Å². The van der Waals surface area contributed by atoms with Gasteiger partial charge in [0.05, 0.1) is 13.0 Å². The van der Waals surface area contributed by atoms with E-state index in [1.807, 2.05) is 6.42 Å². The van der Waals surface area contributed by atoms with Crippen LogP contribution in [-0.4, -0.2) is 12.6 Å². The Bertz CT molecular complexity index is 59.9. The molecule has 6 heavy (non-hydrogen) atoms. The molecule has 2 heteroatoms. The Morgan fingerprint density at radius 2 is 2.67 bits per heavy atom. The van der Waals surface area contributed by atoms with E-state index in [4.69, 9.17) is 0 Å². The van der Waals surface area contributed by atoms with Crippen LogP contribution >= 0.6 is 0 Å². The molecule has 1 fully saturated rings. The fraction of sp³-hybridized carbons (Fsp3) is 0.500. The smallest absolute Gasteiger partial charge is 0.306 e. The maximum atomic E-state index is 9.99. The highest BCUT2D eigenvalue weighted by Crippen LogP contribution is 1.99. The Hall–Kier alpha value is -0.530. The number of carbonyl (C=O) groups excluding carboxylic acids is 1. The van der Waals surface area contributed by atoms with E-state index in [1.165, 1.54) is 0 Å². The molecule has 0 aliphatic carbocycles. The number of carbonyl (C=O) groups is 1. The Labute approximate surface area is 36.1 Å². The standard InChI is InChI=1S/C4H5O2/c5-4-2-1-3-6-4/h1H,2-3H2. The predicted octanol–water partition coefficient (Wildman–Crippen LogP) is 0.138. The molecule has 1 radical (unpaired) electrons. The van der Waals surface area contributed by atoms with Crippen LogP contribution in [0, 0.1) is 6.42 Å². The van der Waals surface area contributed by atoms with Gasteiger partial charge in [0.25, 0.3) is 0 Å². The summed E-state index contributed by atoms with van der Waals surface area (Å²) in [6.45, 7) is 0.513. The zero-order valence-electron chi connectivity index (χ0n) is 3.31. The van der Waals surface area contributed by atoms with Gasteiger partial charge in [-0.15, -0.1) is 0 Å². The first-order valence-corrected chi connectivity index (χ1v) is 1.87. The highest BCUT2D eigenvalue weighted by atomic mass is 16.5. The minimum Gasteiger partial charge on any atom is -0.465 e. The molecular formula is C4H5O2. The van der Waals surface area contributed by atoms with E-state index in [9.17, 15) is 4.79 Å². The van der Waals surface area contributed by atoms with Crippen molar-refractivity contribution in [2.45, 2.75) is 6.42 Å². The molecule has 1 saturated heterocycles. The lowest BCUT2D eigenvalue weighted by Gasteiger charge is -1.81. The van der Waals surface area contributed by atoms with Crippen molar-refractivity contribution in [2.24, 2.45) is 0 Å². The van der Waals surface area contributed by atoms with Gasteiger partial charge in [-0.05, 0) is 0 Å². The minimum atomic E-state index is -0.102. The number of ether oxygens (including phenoxy) is 1. The van der Waals surface area contributed by atoms with Crippen LogP contribution < -0.4 is 0 Å². The Balaban J connectivity index is 2.37. The molecule has 1 aliphatic heterocycles. The molecule has 0 aromatic rings. The van der Waals surface area contributed by atoms with E-state index in [-0.39, 0.29) is 5.97 Å². The largest absolute Gasteiger partial charge is 0.465 e. The Morgan fingerprint density at radius 1 is 1.83 bits per heavy atom. The zero-order chi connectivity index (χ0) is 4.41. The van der Waals surface area contributed by atoms with Gasteiger partial charge in [0.2, 0.25) is 0 Å². The molecule has 0 amide bonds. The summed E-state index contributed by atoms with van der Waals surface area (Å²) < 4.78 is 4.46. The van der Waals surface area contributed by atoms with Crippen LogP contribution in [-0.2, 0) is 9.53 Å². The highest BCUT2D eigenvalue weighted by molar-refractivity contribution is 5.72. The third kappa shape index (κ3) is 0.506. The van der Waals surface area contributed by atoms with Crippen LogP contribution in [0.1, 0.15) is 6.42 Å². The summed E-state index contributed by atoms with van der Waals surface area (Å²) in [6.07, 6.45) is 2.31. The Morgan fingerprint density at radius 3 is 2.83 bits per heavy atom. The van der Waals surface area contributed by atoms with Crippen molar-refractivity contribution >= 4 is 5.97 Å². The third-order valence-electron chi connectivity index (χ3n) is 0.673. The van der Waals surface area contributed by atoms with Crippen molar-refractivity contribution in [3.05, 3.63) is 6.42 Å². The van der Waals surface area contributed by atoms with E-state index in [1.54, 1.807) is 0 Å². The fourth-order valence-corrected chi connectivity index (χ4v) is 0.388. The summed E-state index contributed by atoms with van der Waals surface area (Å²) in [5.74, 6) is -0.102. The number of rotatable bonds is 0. The second-order valence-corrected chi connectivity index (χ2v) is 1.18. The van der Waals surface area contributed by atoms with E-state index in [0.717, 1.165) is 0 Å². The molecule has 0 bridgehead atoms. The molecular weight excluding hydrogens is 80.0 g/mol. The second kappa shape index (κ2) is 1.29. The summed E-state index contributed by atoms with van der Waals surface area (Å²) >= 11 is 0. The van der Waals surface area contributed by atoms with Crippen molar-refractivity contribution in [1.29, 1.82) is 0 Å². The van der Waals surface area contributed by atoms with Gasteiger partial charge >= 0.3 is 5.97 Å². The van der Waals surface area contributed by atoms with Crippen molar-refractivity contribution < 1.29 is 9.53 Å². The summed E-state index contributed by atoms with van der Waals surface area (Å²) in [5.41, 5.74) is 0. The summed E-state index contributed by atoms with van der Waals surface area (Å²) in [4.78, 5) is 9.99. The average molecular weight is 85.1 g/mol. The second-order valence-electron chi connectivity index (χ2n) is 1.18. The summed E-state index contributed by atoms with van der Waals surface area (Å²) in [6, 6.07) is 0. The van der Waals surface area contributed by atoms with E-state index in [2.05, 4.69) is 4.74 Å². The van der Waals surface area contributed by atoms with Crippen LogP contribution in [0.2, 0.25) is 0 Å². The number of hydrogen-bond acceptors (Lipinski definition) is 2. The van der Waals surface area contributed by atoms with Gasteiger partial charge in [0, 0.05) is 6.42 Å². The summed E-state index contributed by atoms with van der Waals surface area (Å²) in [5, 5.41) is 0. The van der Waals surface area contributed by atoms with Gasteiger partial charge in [-0.1, -0.05) is 0 Å². The number of cyclic esters (lactones) is 1.